The number of hydrogen-bond acceptors (Lipinski definition) is 3. The van der Waals surface area contributed by atoms with E-state index in [2.05, 4.69) is 15.3 Å². The molecule has 1 N–H and O–H groups in total. The number of rotatable bonds is 7. The lowest BCUT2D eigenvalue weighted by Gasteiger charge is -2.26. The molecule has 156 valence electrons. The van der Waals surface area contributed by atoms with E-state index in [1.807, 2.05) is 24.3 Å². The van der Waals surface area contributed by atoms with Gasteiger partial charge in [-0.25, -0.2) is 8.78 Å². The Labute approximate surface area is 174 Å². The molecule has 1 aliphatic carbocycles. The first-order valence-electron chi connectivity index (χ1n) is 10.2. The molecule has 1 aliphatic heterocycles. The fourth-order valence-corrected chi connectivity index (χ4v) is 4.26. The molecule has 1 amide bonds. The smallest absolute Gasteiger partial charge is 0.283 e. The number of anilines is 1. The standard InChI is InChI=1S/C21H25ClF2N4O/c22-18-19(21(23)24)26-28(20(18)15-6-7-15)13-17(29)25-16-8-4-14(5-9-16)12-27-10-2-1-3-11-27/h4-5,8-9,15,21H,1-3,6-7,10-13H2,(H,25,29). The lowest BCUT2D eigenvalue weighted by molar-refractivity contribution is -0.117. The SMILES string of the molecule is O=C(Cn1nc(C(F)F)c(Cl)c1C1CC1)Nc1ccc(CN2CCCCC2)cc1. The van der Waals surface area contributed by atoms with E-state index in [4.69, 9.17) is 11.6 Å². The molecule has 1 saturated carbocycles. The maximum absolute atomic E-state index is 13.1. The van der Waals surface area contributed by atoms with Crippen LogP contribution in [0.25, 0.3) is 0 Å². The van der Waals surface area contributed by atoms with Crippen molar-refractivity contribution in [2.45, 2.75) is 57.5 Å². The second kappa shape index (κ2) is 8.79. The third-order valence-corrected chi connectivity index (χ3v) is 5.90. The van der Waals surface area contributed by atoms with E-state index in [1.54, 1.807) is 0 Å². The average molecular weight is 423 g/mol. The van der Waals surface area contributed by atoms with Crippen LogP contribution in [0.5, 0.6) is 0 Å². The summed E-state index contributed by atoms with van der Waals surface area (Å²) >= 11 is 6.10. The molecule has 2 aromatic rings. The van der Waals surface area contributed by atoms with Gasteiger partial charge in [0, 0.05) is 18.2 Å². The second-order valence-electron chi connectivity index (χ2n) is 7.90. The largest absolute Gasteiger partial charge is 0.324 e. The van der Waals surface area contributed by atoms with Gasteiger partial charge in [-0.3, -0.25) is 14.4 Å². The highest BCUT2D eigenvalue weighted by atomic mass is 35.5. The zero-order chi connectivity index (χ0) is 20.4. The van der Waals surface area contributed by atoms with E-state index in [0.717, 1.165) is 32.5 Å². The Morgan fingerprint density at radius 3 is 2.48 bits per heavy atom. The number of hydrogen-bond donors (Lipinski definition) is 1. The van der Waals surface area contributed by atoms with Crippen molar-refractivity contribution in [2.24, 2.45) is 0 Å². The van der Waals surface area contributed by atoms with Gasteiger partial charge in [0.2, 0.25) is 5.91 Å². The maximum Gasteiger partial charge on any atom is 0.283 e. The summed E-state index contributed by atoms with van der Waals surface area (Å²) in [4.78, 5) is 14.9. The van der Waals surface area contributed by atoms with Crippen molar-refractivity contribution < 1.29 is 13.6 Å². The van der Waals surface area contributed by atoms with Gasteiger partial charge in [0.05, 0.1) is 10.7 Å². The second-order valence-corrected chi connectivity index (χ2v) is 8.28. The van der Waals surface area contributed by atoms with Crippen LogP contribution in [0.3, 0.4) is 0 Å². The molecule has 1 saturated heterocycles. The fraction of sp³-hybridized carbons (Fsp3) is 0.524. The van der Waals surface area contributed by atoms with Gasteiger partial charge < -0.3 is 5.32 Å². The summed E-state index contributed by atoms with van der Waals surface area (Å²) in [5.74, 6) is -0.194. The van der Waals surface area contributed by atoms with Crippen LogP contribution in [-0.4, -0.2) is 33.7 Å². The third-order valence-electron chi connectivity index (χ3n) is 5.51. The molecule has 29 heavy (non-hydrogen) atoms. The summed E-state index contributed by atoms with van der Waals surface area (Å²) in [7, 11) is 0. The lowest BCUT2D eigenvalue weighted by Crippen LogP contribution is -2.29. The van der Waals surface area contributed by atoms with E-state index >= 15 is 0 Å². The Kier molecular flexibility index (Phi) is 6.15. The fourth-order valence-electron chi connectivity index (χ4n) is 3.88. The zero-order valence-corrected chi connectivity index (χ0v) is 17.0. The van der Waals surface area contributed by atoms with Crippen LogP contribution in [-0.2, 0) is 17.9 Å². The molecule has 1 aromatic carbocycles. The number of nitrogens with zero attached hydrogens (tertiary/aromatic N) is 3. The highest BCUT2D eigenvalue weighted by Gasteiger charge is 2.34. The number of likely N-dealkylation sites (tertiary alicyclic amines) is 1. The molecule has 4 rings (SSSR count). The molecule has 0 radical (unpaired) electrons. The van der Waals surface area contributed by atoms with Crippen molar-refractivity contribution in [3.8, 4) is 0 Å². The monoisotopic (exact) mass is 422 g/mol. The van der Waals surface area contributed by atoms with E-state index in [-0.39, 0.29) is 23.4 Å². The Morgan fingerprint density at radius 1 is 1.17 bits per heavy atom. The summed E-state index contributed by atoms with van der Waals surface area (Å²) in [6.07, 6.45) is 2.83. The van der Waals surface area contributed by atoms with Gasteiger partial charge in [0.15, 0.2) is 0 Å². The number of halogens is 3. The minimum absolute atomic E-state index is 0.00244. The first-order valence-corrected chi connectivity index (χ1v) is 10.5. The molecule has 5 nitrogen and oxygen atoms in total. The molecule has 0 spiro atoms. The van der Waals surface area contributed by atoms with E-state index in [1.165, 1.54) is 29.5 Å². The van der Waals surface area contributed by atoms with Gasteiger partial charge in [-0.15, -0.1) is 0 Å². The van der Waals surface area contributed by atoms with Crippen molar-refractivity contribution in [1.82, 2.24) is 14.7 Å². The number of carbonyl (C=O) groups is 1. The number of amides is 1. The molecule has 2 heterocycles. The normalized spacial score (nSPS) is 17.7. The Balaban J connectivity index is 1.38. The Hall–Kier alpha value is -1.99. The quantitative estimate of drug-likeness (QED) is 0.684. The van der Waals surface area contributed by atoms with Crippen LogP contribution in [0, 0.1) is 0 Å². The van der Waals surface area contributed by atoms with Crippen LogP contribution >= 0.6 is 11.6 Å². The van der Waals surface area contributed by atoms with Gasteiger partial charge in [-0.05, 0) is 56.5 Å². The number of benzene rings is 1. The number of nitrogens with one attached hydrogen (secondary N) is 1. The van der Waals surface area contributed by atoms with Gasteiger partial charge >= 0.3 is 0 Å². The molecule has 0 atom stereocenters. The third kappa shape index (κ3) is 4.95. The van der Waals surface area contributed by atoms with Crippen molar-refractivity contribution in [3.05, 3.63) is 46.2 Å². The molecular formula is C21H25ClF2N4O. The summed E-state index contributed by atoms with van der Waals surface area (Å²) in [6, 6.07) is 7.78. The molecular weight excluding hydrogens is 398 g/mol. The molecule has 2 aliphatic rings. The van der Waals surface area contributed by atoms with Crippen molar-refractivity contribution >= 4 is 23.2 Å². The molecule has 2 fully saturated rings. The van der Waals surface area contributed by atoms with Crippen molar-refractivity contribution in [2.75, 3.05) is 18.4 Å². The van der Waals surface area contributed by atoms with Crippen LogP contribution < -0.4 is 5.32 Å². The molecule has 8 heteroatoms. The minimum Gasteiger partial charge on any atom is -0.324 e. The predicted octanol–water partition coefficient (Wildman–Crippen LogP) is 4.98. The number of aromatic nitrogens is 2. The van der Waals surface area contributed by atoms with E-state index in [9.17, 15) is 13.6 Å². The number of alkyl halides is 2. The van der Waals surface area contributed by atoms with Crippen LogP contribution in [0.15, 0.2) is 24.3 Å². The van der Waals surface area contributed by atoms with E-state index in [0.29, 0.717) is 11.4 Å². The predicted molar refractivity (Wildman–Crippen MR) is 108 cm³/mol. The van der Waals surface area contributed by atoms with Gasteiger partial charge in [0.1, 0.15) is 12.2 Å². The van der Waals surface area contributed by atoms with Gasteiger partial charge in [-0.2, -0.15) is 5.10 Å². The highest BCUT2D eigenvalue weighted by Crippen LogP contribution is 2.45. The molecule has 1 aromatic heterocycles. The number of carbonyl (C=O) groups excluding carboxylic acids is 1. The summed E-state index contributed by atoms with van der Waals surface area (Å²) < 4.78 is 27.6. The Bertz CT molecular complexity index is 858. The van der Waals surface area contributed by atoms with Crippen molar-refractivity contribution in [3.63, 3.8) is 0 Å². The summed E-state index contributed by atoms with van der Waals surface area (Å²) in [6.45, 7) is 3.05. The van der Waals surface area contributed by atoms with Crippen molar-refractivity contribution in [1.29, 1.82) is 0 Å². The van der Waals surface area contributed by atoms with E-state index < -0.39 is 12.1 Å². The lowest BCUT2D eigenvalue weighted by atomic mass is 10.1. The first kappa shape index (κ1) is 20.3. The molecule has 0 unspecified atom stereocenters. The maximum atomic E-state index is 13.1. The topological polar surface area (TPSA) is 50.2 Å². The van der Waals surface area contributed by atoms with Crippen LogP contribution in [0.1, 0.15) is 61.4 Å². The molecule has 0 bridgehead atoms. The average Bonchev–Trinajstić information content (AvgIpc) is 3.48. The highest BCUT2D eigenvalue weighted by molar-refractivity contribution is 6.32. The Morgan fingerprint density at radius 2 is 1.86 bits per heavy atom. The van der Waals surface area contributed by atoms with Gasteiger partial charge in [0.25, 0.3) is 6.43 Å². The number of piperidine rings is 1. The first-order chi connectivity index (χ1) is 14.0. The summed E-state index contributed by atoms with van der Waals surface area (Å²) in [5, 5.41) is 6.72. The van der Waals surface area contributed by atoms with Gasteiger partial charge in [-0.1, -0.05) is 30.2 Å². The van der Waals surface area contributed by atoms with Crippen LogP contribution in [0.2, 0.25) is 5.02 Å². The van der Waals surface area contributed by atoms with Crippen LogP contribution in [0.4, 0.5) is 14.5 Å². The zero-order valence-electron chi connectivity index (χ0n) is 16.2. The summed E-state index contributed by atoms with van der Waals surface area (Å²) in [5.41, 5.74) is 2.00. The minimum atomic E-state index is -2.75.